The standard InChI is InChI=1S/C12H19N5S2/c1-8(2)17-11(6-13)15-16-12(17)18-5-4-10-9(3)14-7-19-10/h7-8H,4-6,13H2,1-3H3. The van der Waals surface area contributed by atoms with Gasteiger partial charge < -0.3 is 10.3 Å². The number of rotatable bonds is 6. The minimum absolute atomic E-state index is 0.334. The maximum Gasteiger partial charge on any atom is 0.191 e. The molecule has 104 valence electrons. The molecule has 0 aliphatic rings. The summed E-state index contributed by atoms with van der Waals surface area (Å²) in [7, 11) is 0. The van der Waals surface area contributed by atoms with Crippen molar-refractivity contribution in [3.8, 4) is 0 Å². The summed E-state index contributed by atoms with van der Waals surface area (Å²) >= 11 is 3.45. The van der Waals surface area contributed by atoms with E-state index in [1.165, 1.54) is 4.88 Å². The molecular weight excluding hydrogens is 278 g/mol. The highest BCUT2D eigenvalue weighted by Gasteiger charge is 2.14. The molecule has 19 heavy (non-hydrogen) atoms. The van der Waals surface area contributed by atoms with Gasteiger partial charge in [0.1, 0.15) is 5.82 Å². The first kappa shape index (κ1) is 14.5. The zero-order valence-corrected chi connectivity index (χ0v) is 13.1. The predicted octanol–water partition coefficient (Wildman–Crippen LogP) is 2.42. The molecule has 0 radical (unpaired) electrons. The van der Waals surface area contributed by atoms with Gasteiger partial charge in [-0.15, -0.1) is 21.5 Å². The second-order valence-corrected chi connectivity index (χ2v) is 6.53. The van der Waals surface area contributed by atoms with Gasteiger partial charge in [-0.05, 0) is 27.2 Å². The second-order valence-electron chi connectivity index (χ2n) is 4.53. The van der Waals surface area contributed by atoms with Crippen LogP contribution in [-0.2, 0) is 13.0 Å². The van der Waals surface area contributed by atoms with Crippen LogP contribution in [0.5, 0.6) is 0 Å². The number of nitrogens with two attached hydrogens (primary N) is 1. The second kappa shape index (κ2) is 6.49. The van der Waals surface area contributed by atoms with Crippen molar-refractivity contribution in [2.75, 3.05) is 5.75 Å². The molecule has 0 aromatic carbocycles. The molecule has 0 saturated carbocycles. The van der Waals surface area contributed by atoms with Gasteiger partial charge in [-0.3, -0.25) is 0 Å². The maximum absolute atomic E-state index is 5.69. The molecule has 2 aromatic heterocycles. The first-order valence-electron chi connectivity index (χ1n) is 6.29. The fourth-order valence-corrected chi connectivity index (χ4v) is 3.82. The lowest BCUT2D eigenvalue weighted by Crippen LogP contribution is -2.11. The molecule has 0 spiro atoms. The SMILES string of the molecule is Cc1ncsc1CCSc1nnc(CN)n1C(C)C. The molecule has 0 atom stereocenters. The average molecular weight is 297 g/mol. The molecule has 0 aliphatic heterocycles. The zero-order chi connectivity index (χ0) is 13.8. The van der Waals surface area contributed by atoms with Crippen LogP contribution in [0, 0.1) is 6.92 Å². The quantitative estimate of drug-likeness (QED) is 0.829. The summed E-state index contributed by atoms with van der Waals surface area (Å²) < 4.78 is 2.12. The molecule has 0 amide bonds. The van der Waals surface area contributed by atoms with Crippen molar-refractivity contribution in [1.29, 1.82) is 0 Å². The van der Waals surface area contributed by atoms with Crippen molar-refractivity contribution in [1.82, 2.24) is 19.7 Å². The van der Waals surface area contributed by atoms with Crippen LogP contribution in [0.2, 0.25) is 0 Å². The molecule has 5 nitrogen and oxygen atoms in total. The van der Waals surface area contributed by atoms with E-state index in [-0.39, 0.29) is 0 Å². The molecule has 2 heterocycles. The molecular formula is C12H19N5S2. The fraction of sp³-hybridized carbons (Fsp3) is 0.583. The number of hydrogen-bond donors (Lipinski definition) is 1. The molecule has 2 aromatic rings. The third-order valence-electron chi connectivity index (χ3n) is 2.84. The van der Waals surface area contributed by atoms with E-state index in [4.69, 9.17) is 5.73 Å². The van der Waals surface area contributed by atoms with Crippen LogP contribution >= 0.6 is 23.1 Å². The molecule has 2 rings (SSSR count). The summed E-state index contributed by atoms with van der Waals surface area (Å²) in [5, 5.41) is 9.34. The number of thiazole rings is 1. The molecule has 0 fully saturated rings. The van der Waals surface area contributed by atoms with Gasteiger partial charge in [-0.1, -0.05) is 11.8 Å². The third kappa shape index (κ3) is 3.34. The van der Waals surface area contributed by atoms with Gasteiger partial charge in [0, 0.05) is 16.7 Å². The van der Waals surface area contributed by atoms with Crippen LogP contribution in [0.3, 0.4) is 0 Å². The van der Waals surface area contributed by atoms with E-state index < -0.39 is 0 Å². The van der Waals surface area contributed by atoms with E-state index in [1.807, 2.05) is 5.51 Å². The minimum atomic E-state index is 0.334. The van der Waals surface area contributed by atoms with E-state index in [0.29, 0.717) is 12.6 Å². The van der Waals surface area contributed by atoms with E-state index in [9.17, 15) is 0 Å². The number of hydrogen-bond acceptors (Lipinski definition) is 6. The Bertz CT molecular complexity index is 532. The molecule has 0 bridgehead atoms. The van der Waals surface area contributed by atoms with E-state index in [1.54, 1.807) is 23.1 Å². The Morgan fingerprint density at radius 2 is 2.21 bits per heavy atom. The average Bonchev–Trinajstić information content (AvgIpc) is 2.96. The Morgan fingerprint density at radius 3 is 2.79 bits per heavy atom. The van der Waals surface area contributed by atoms with Crippen LogP contribution in [-0.4, -0.2) is 25.5 Å². The molecule has 0 saturated heterocycles. The van der Waals surface area contributed by atoms with Gasteiger partial charge in [0.15, 0.2) is 5.16 Å². The highest BCUT2D eigenvalue weighted by Crippen LogP contribution is 2.23. The molecule has 7 heteroatoms. The van der Waals surface area contributed by atoms with Gasteiger partial charge in [0.2, 0.25) is 0 Å². The van der Waals surface area contributed by atoms with E-state index in [0.717, 1.165) is 28.8 Å². The van der Waals surface area contributed by atoms with E-state index in [2.05, 4.69) is 40.5 Å². The van der Waals surface area contributed by atoms with Gasteiger partial charge in [-0.25, -0.2) is 4.98 Å². The Balaban J connectivity index is 2.00. The summed E-state index contributed by atoms with van der Waals surface area (Å²) in [6, 6.07) is 0.334. The van der Waals surface area contributed by atoms with E-state index >= 15 is 0 Å². The summed E-state index contributed by atoms with van der Waals surface area (Å²) in [6.07, 6.45) is 1.02. The fourth-order valence-electron chi connectivity index (χ4n) is 1.86. The molecule has 0 unspecified atom stereocenters. The zero-order valence-electron chi connectivity index (χ0n) is 11.5. The topological polar surface area (TPSA) is 69.6 Å². The van der Waals surface area contributed by atoms with Crippen LogP contribution < -0.4 is 5.73 Å². The lowest BCUT2D eigenvalue weighted by Gasteiger charge is -2.12. The summed E-state index contributed by atoms with van der Waals surface area (Å²) in [5.41, 5.74) is 8.73. The normalized spacial score (nSPS) is 11.4. The van der Waals surface area contributed by atoms with Crippen molar-refractivity contribution in [2.24, 2.45) is 5.73 Å². The number of nitrogens with zero attached hydrogens (tertiary/aromatic N) is 4. The number of aromatic nitrogens is 4. The predicted molar refractivity (Wildman–Crippen MR) is 79.6 cm³/mol. The highest BCUT2D eigenvalue weighted by atomic mass is 32.2. The van der Waals surface area contributed by atoms with Crippen molar-refractivity contribution in [3.05, 3.63) is 21.9 Å². The maximum atomic E-state index is 5.69. The van der Waals surface area contributed by atoms with Gasteiger partial charge in [0.25, 0.3) is 0 Å². The smallest absolute Gasteiger partial charge is 0.191 e. The summed E-state index contributed by atoms with van der Waals surface area (Å²) in [6.45, 7) is 6.74. The van der Waals surface area contributed by atoms with Crippen LogP contribution in [0.1, 0.15) is 36.3 Å². The van der Waals surface area contributed by atoms with Crippen molar-refractivity contribution in [2.45, 2.75) is 44.9 Å². The first-order valence-corrected chi connectivity index (χ1v) is 8.15. The largest absolute Gasteiger partial charge is 0.324 e. The Hall–Kier alpha value is -0.920. The highest BCUT2D eigenvalue weighted by molar-refractivity contribution is 7.99. The monoisotopic (exact) mass is 297 g/mol. The molecule has 0 aliphatic carbocycles. The Labute approximate surface area is 121 Å². The third-order valence-corrected chi connectivity index (χ3v) is 4.78. The van der Waals surface area contributed by atoms with Crippen LogP contribution in [0.25, 0.3) is 0 Å². The van der Waals surface area contributed by atoms with Gasteiger partial charge in [-0.2, -0.15) is 0 Å². The van der Waals surface area contributed by atoms with Crippen molar-refractivity contribution in [3.63, 3.8) is 0 Å². The lowest BCUT2D eigenvalue weighted by molar-refractivity contribution is 0.526. The first-order chi connectivity index (χ1) is 9.13. The summed E-state index contributed by atoms with van der Waals surface area (Å²) in [5.74, 6) is 1.84. The Morgan fingerprint density at radius 1 is 1.42 bits per heavy atom. The number of thioether (sulfide) groups is 1. The minimum Gasteiger partial charge on any atom is -0.324 e. The number of aryl methyl sites for hydroxylation is 2. The van der Waals surface area contributed by atoms with Crippen molar-refractivity contribution < 1.29 is 0 Å². The van der Waals surface area contributed by atoms with Gasteiger partial charge >= 0.3 is 0 Å². The van der Waals surface area contributed by atoms with Crippen molar-refractivity contribution >= 4 is 23.1 Å². The van der Waals surface area contributed by atoms with Crippen LogP contribution in [0.15, 0.2) is 10.7 Å². The molecule has 2 N–H and O–H groups in total. The van der Waals surface area contributed by atoms with Gasteiger partial charge in [0.05, 0.1) is 17.7 Å². The lowest BCUT2D eigenvalue weighted by atomic mass is 10.3. The Kier molecular flexibility index (Phi) is 4.95. The summed E-state index contributed by atoms with van der Waals surface area (Å²) in [4.78, 5) is 5.61. The van der Waals surface area contributed by atoms with Crippen LogP contribution in [0.4, 0.5) is 0 Å².